The molecule has 4 rings (SSSR count). The number of amides is 1. The van der Waals surface area contributed by atoms with Crippen LogP contribution in [0.5, 0.6) is 0 Å². The van der Waals surface area contributed by atoms with E-state index in [1.807, 2.05) is 17.5 Å². The molecule has 4 aromatic rings. The fourth-order valence-corrected chi connectivity index (χ4v) is 3.75. The van der Waals surface area contributed by atoms with Crippen LogP contribution in [0.25, 0.3) is 21.1 Å². The van der Waals surface area contributed by atoms with Crippen molar-refractivity contribution in [3.05, 3.63) is 64.7 Å². The van der Waals surface area contributed by atoms with Gasteiger partial charge in [0.25, 0.3) is 5.56 Å². The largest absolute Gasteiger partial charge is 0.354 e. The number of thiophene rings is 1. The average Bonchev–Trinajstić information content (AvgIpc) is 3.29. The Bertz CT molecular complexity index is 1130. The average molecular weight is 366 g/mol. The van der Waals surface area contributed by atoms with Crippen LogP contribution in [0.2, 0.25) is 0 Å². The van der Waals surface area contributed by atoms with E-state index in [2.05, 4.69) is 39.3 Å². The fourth-order valence-electron chi connectivity index (χ4n) is 3.03. The number of hydrogen-bond donors (Lipinski definition) is 1. The second-order valence-corrected chi connectivity index (χ2v) is 6.98. The van der Waals surface area contributed by atoms with E-state index in [9.17, 15) is 9.59 Å². The van der Waals surface area contributed by atoms with Crippen LogP contribution >= 0.6 is 11.3 Å². The van der Waals surface area contributed by atoms with Gasteiger partial charge in [-0.15, -0.1) is 11.3 Å². The number of benzene rings is 1. The van der Waals surface area contributed by atoms with Gasteiger partial charge in [-0.05, 0) is 35.4 Å². The summed E-state index contributed by atoms with van der Waals surface area (Å²) in [5, 5.41) is 6.48. The lowest BCUT2D eigenvalue weighted by molar-refractivity contribution is -0.121. The van der Waals surface area contributed by atoms with Crippen LogP contribution in [-0.4, -0.2) is 26.6 Å². The quantitative estimate of drug-likeness (QED) is 0.533. The number of aromatic nitrogens is 3. The number of carbonyl (C=O) groups is 1. The van der Waals surface area contributed by atoms with Gasteiger partial charge in [0.2, 0.25) is 5.91 Å². The zero-order valence-electron chi connectivity index (χ0n) is 14.1. The summed E-state index contributed by atoms with van der Waals surface area (Å²) in [5.41, 5.74) is 1.02. The molecule has 0 spiro atoms. The minimum Gasteiger partial charge on any atom is -0.354 e. The third kappa shape index (κ3) is 3.25. The van der Waals surface area contributed by atoms with Crippen molar-refractivity contribution in [1.29, 1.82) is 0 Å². The summed E-state index contributed by atoms with van der Waals surface area (Å²) in [6, 6.07) is 12.1. The normalized spacial score (nSPS) is 11.2. The summed E-state index contributed by atoms with van der Waals surface area (Å²) >= 11 is 1.42. The molecule has 132 valence electrons. The summed E-state index contributed by atoms with van der Waals surface area (Å²) in [4.78, 5) is 29.3. The molecule has 0 unspecified atom stereocenters. The van der Waals surface area contributed by atoms with Crippen LogP contribution in [0, 0.1) is 0 Å². The van der Waals surface area contributed by atoms with Gasteiger partial charge in [-0.1, -0.05) is 18.2 Å². The molecular weight excluding hydrogens is 348 g/mol. The van der Waals surface area contributed by atoms with E-state index in [-0.39, 0.29) is 18.0 Å². The zero-order chi connectivity index (χ0) is 17.9. The van der Waals surface area contributed by atoms with E-state index in [4.69, 9.17) is 0 Å². The highest BCUT2D eigenvalue weighted by Crippen LogP contribution is 2.15. The SMILES string of the molecule is O=C(Cn1cnc2sccc2c1=O)NCCCn1ccc2ccccc21. The van der Waals surface area contributed by atoms with Crippen LogP contribution < -0.4 is 10.9 Å². The van der Waals surface area contributed by atoms with Crippen LogP contribution in [0.4, 0.5) is 0 Å². The van der Waals surface area contributed by atoms with Gasteiger partial charge in [-0.25, -0.2) is 4.98 Å². The van der Waals surface area contributed by atoms with Crippen molar-refractivity contribution in [1.82, 2.24) is 19.4 Å². The number of fused-ring (bicyclic) bond motifs is 2. The predicted octanol–water partition coefficient (Wildman–Crippen LogP) is 2.62. The predicted molar refractivity (Wildman–Crippen MR) is 103 cm³/mol. The summed E-state index contributed by atoms with van der Waals surface area (Å²) in [6.07, 6.45) is 4.32. The second-order valence-electron chi connectivity index (χ2n) is 6.09. The molecule has 0 saturated heterocycles. The van der Waals surface area contributed by atoms with Crippen molar-refractivity contribution < 1.29 is 4.79 Å². The first kappa shape index (κ1) is 16.5. The molecule has 6 nitrogen and oxygen atoms in total. The lowest BCUT2D eigenvalue weighted by Gasteiger charge is -2.08. The maximum atomic E-state index is 12.3. The molecule has 7 heteroatoms. The summed E-state index contributed by atoms with van der Waals surface area (Å²) in [6.45, 7) is 1.38. The van der Waals surface area contributed by atoms with Crippen molar-refractivity contribution in [3.63, 3.8) is 0 Å². The Morgan fingerprint density at radius 1 is 1.15 bits per heavy atom. The molecule has 0 radical (unpaired) electrons. The van der Waals surface area contributed by atoms with E-state index < -0.39 is 0 Å². The topological polar surface area (TPSA) is 68.9 Å². The van der Waals surface area contributed by atoms with Crippen molar-refractivity contribution in [2.24, 2.45) is 0 Å². The highest BCUT2D eigenvalue weighted by Gasteiger charge is 2.08. The Morgan fingerprint density at radius 3 is 2.96 bits per heavy atom. The van der Waals surface area contributed by atoms with Crippen LogP contribution in [0.15, 0.2) is 59.1 Å². The van der Waals surface area contributed by atoms with E-state index in [0.717, 1.165) is 13.0 Å². The second kappa shape index (κ2) is 7.13. The number of para-hydroxylation sites is 1. The number of hydrogen-bond acceptors (Lipinski definition) is 4. The Balaban J connectivity index is 1.31. The van der Waals surface area contributed by atoms with Gasteiger partial charge in [0.15, 0.2) is 0 Å². The lowest BCUT2D eigenvalue weighted by Crippen LogP contribution is -2.33. The van der Waals surface area contributed by atoms with Gasteiger partial charge in [-0.2, -0.15) is 0 Å². The molecule has 0 atom stereocenters. The molecule has 1 amide bonds. The van der Waals surface area contributed by atoms with Gasteiger partial charge in [0.05, 0.1) is 11.7 Å². The number of nitrogens with zero attached hydrogens (tertiary/aromatic N) is 3. The fraction of sp³-hybridized carbons (Fsp3) is 0.211. The molecule has 0 bridgehead atoms. The van der Waals surface area contributed by atoms with Gasteiger partial charge >= 0.3 is 0 Å². The molecule has 0 aliphatic rings. The van der Waals surface area contributed by atoms with E-state index in [0.29, 0.717) is 16.8 Å². The Hall–Kier alpha value is -2.93. The third-order valence-electron chi connectivity index (χ3n) is 4.34. The molecule has 26 heavy (non-hydrogen) atoms. The zero-order valence-corrected chi connectivity index (χ0v) is 14.9. The number of rotatable bonds is 6. The van der Waals surface area contributed by atoms with E-state index in [1.54, 1.807) is 6.07 Å². The number of nitrogens with one attached hydrogen (secondary N) is 1. The number of aryl methyl sites for hydroxylation is 1. The first-order valence-corrected chi connectivity index (χ1v) is 9.33. The van der Waals surface area contributed by atoms with Gasteiger partial charge in [0, 0.05) is 24.8 Å². The molecule has 0 saturated carbocycles. The summed E-state index contributed by atoms with van der Waals surface area (Å²) in [5.74, 6) is -0.180. The molecular formula is C19H18N4O2S. The highest BCUT2D eigenvalue weighted by molar-refractivity contribution is 7.16. The van der Waals surface area contributed by atoms with Crippen LogP contribution in [0.1, 0.15) is 6.42 Å². The lowest BCUT2D eigenvalue weighted by atomic mass is 10.2. The Labute approximate surface area is 153 Å². The Kier molecular flexibility index (Phi) is 4.53. The monoisotopic (exact) mass is 366 g/mol. The van der Waals surface area contributed by atoms with Gasteiger partial charge < -0.3 is 9.88 Å². The van der Waals surface area contributed by atoms with Crippen molar-refractivity contribution in [2.75, 3.05) is 6.54 Å². The molecule has 0 fully saturated rings. The van der Waals surface area contributed by atoms with Gasteiger partial charge in [0.1, 0.15) is 11.4 Å². The van der Waals surface area contributed by atoms with Gasteiger partial charge in [-0.3, -0.25) is 14.2 Å². The van der Waals surface area contributed by atoms with Crippen molar-refractivity contribution >= 4 is 38.4 Å². The molecule has 3 heterocycles. The standard InChI is InChI=1S/C19H18N4O2S/c24-17(12-23-13-21-18-15(19(23)25)7-11-26-18)20-8-3-9-22-10-6-14-4-1-2-5-16(14)22/h1-2,4-7,10-11,13H,3,8-9,12H2,(H,20,24). The summed E-state index contributed by atoms with van der Waals surface area (Å²) < 4.78 is 3.53. The third-order valence-corrected chi connectivity index (χ3v) is 5.16. The highest BCUT2D eigenvalue weighted by atomic mass is 32.1. The minimum atomic E-state index is -0.180. The van der Waals surface area contributed by atoms with Crippen molar-refractivity contribution in [2.45, 2.75) is 19.5 Å². The molecule has 1 N–H and O–H groups in total. The van der Waals surface area contributed by atoms with Crippen molar-refractivity contribution in [3.8, 4) is 0 Å². The first-order chi connectivity index (χ1) is 12.7. The molecule has 3 aromatic heterocycles. The minimum absolute atomic E-state index is 0.00985. The number of carbonyl (C=O) groups excluding carboxylic acids is 1. The first-order valence-electron chi connectivity index (χ1n) is 8.45. The Morgan fingerprint density at radius 2 is 2.04 bits per heavy atom. The van der Waals surface area contributed by atoms with E-state index >= 15 is 0 Å². The molecule has 0 aliphatic heterocycles. The van der Waals surface area contributed by atoms with E-state index in [1.165, 1.54) is 33.1 Å². The van der Waals surface area contributed by atoms with Crippen LogP contribution in [0.3, 0.4) is 0 Å². The molecule has 1 aromatic carbocycles. The molecule has 0 aliphatic carbocycles. The summed E-state index contributed by atoms with van der Waals surface area (Å²) in [7, 11) is 0. The smallest absolute Gasteiger partial charge is 0.262 e. The maximum Gasteiger partial charge on any atom is 0.262 e. The van der Waals surface area contributed by atoms with Crippen LogP contribution in [-0.2, 0) is 17.9 Å². The maximum absolute atomic E-state index is 12.3.